The number of fused-ring (bicyclic) bond motifs is 4. The van der Waals surface area contributed by atoms with Gasteiger partial charge in [-0.3, -0.25) is 4.55 Å². The molecule has 72 heavy (non-hydrogen) atoms. The Morgan fingerprint density at radius 1 is 0.653 bits per heavy atom. The summed E-state index contributed by atoms with van der Waals surface area (Å²) in [5, 5.41) is 64.1. The summed E-state index contributed by atoms with van der Waals surface area (Å²) in [6.07, 6.45) is -0.0178. The zero-order valence-corrected chi connectivity index (χ0v) is 40.4. The minimum absolute atomic E-state index is 0.00550. The maximum Gasteiger partial charge on any atom is 0.338 e. The van der Waals surface area contributed by atoms with Crippen molar-refractivity contribution in [3.63, 3.8) is 0 Å². The number of phenols is 1. The van der Waals surface area contributed by atoms with E-state index in [1.807, 2.05) is 106 Å². The third-order valence-corrected chi connectivity index (χ3v) is 12.5. The number of anilines is 2. The van der Waals surface area contributed by atoms with Crippen LogP contribution < -0.4 is 14.8 Å². The minimum atomic E-state index is -4.23. The van der Waals surface area contributed by atoms with Crippen LogP contribution in [-0.2, 0) is 10.1 Å². The number of hydrogen-bond acceptors (Lipinski definition) is 15. The zero-order valence-electron chi connectivity index (χ0n) is 39.6. The number of aromatic hydroxyl groups is 1. The second kappa shape index (κ2) is 20.2. The highest BCUT2D eigenvalue weighted by Gasteiger charge is 2.18. The molecule has 0 saturated carbocycles. The first-order valence-electron chi connectivity index (χ1n) is 22.5. The Balaban J connectivity index is 0.944. The molecule has 9 rings (SSSR count). The smallest absolute Gasteiger partial charge is 0.338 e. The Kier molecular flexibility index (Phi) is 13.5. The lowest BCUT2D eigenvalue weighted by atomic mass is 10.1. The molecule has 0 fully saturated rings. The van der Waals surface area contributed by atoms with Gasteiger partial charge in [0.05, 0.1) is 47.8 Å². The van der Waals surface area contributed by atoms with Gasteiger partial charge in [-0.25, -0.2) is 4.79 Å². The normalized spacial score (nSPS) is 12.0. The number of aryl methyl sites for hydroxylation is 4. The van der Waals surface area contributed by atoms with Crippen LogP contribution in [0.1, 0.15) is 39.0 Å². The molecule has 4 N–H and O–H groups in total. The quantitative estimate of drug-likeness (QED) is 0.0403. The van der Waals surface area contributed by atoms with Crippen LogP contribution in [0.15, 0.2) is 158 Å². The number of carboxylic acid groups (broad SMARTS) is 1. The van der Waals surface area contributed by atoms with Crippen molar-refractivity contribution in [2.45, 2.75) is 34.1 Å². The van der Waals surface area contributed by atoms with Crippen molar-refractivity contribution in [2.24, 2.45) is 30.7 Å². The number of nitrogens with zero attached hydrogens (tertiary/aromatic N) is 9. The Labute approximate surface area is 412 Å². The number of methoxy groups -OCH3 is 1. The maximum atomic E-state index is 12.6. The van der Waals surface area contributed by atoms with E-state index in [0.29, 0.717) is 50.4 Å². The van der Waals surface area contributed by atoms with Gasteiger partial charge in [0.15, 0.2) is 5.75 Å². The van der Waals surface area contributed by atoms with Crippen LogP contribution in [0.2, 0.25) is 0 Å². The van der Waals surface area contributed by atoms with Crippen molar-refractivity contribution in [1.29, 1.82) is 0 Å². The molecule has 0 unspecified atom stereocenters. The lowest BCUT2D eigenvalue weighted by molar-refractivity contribution is 0.0696. The minimum Gasteiger partial charge on any atom is -0.505 e. The molecule has 1 aromatic heterocycles. The van der Waals surface area contributed by atoms with E-state index in [9.17, 15) is 28.0 Å². The lowest BCUT2D eigenvalue weighted by Crippen LogP contribution is -2.08. The van der Waals surface area contributed by atoms with Gasteiger partial charge in [-0.1, -0.05) is 29.8 Å². The number of phenolic OH excluding ortho intramolecular Hbond substituents is 1. The number of carboxylic acids is 1. The average molecular weight is 983 g/mol. The first-order valence-corrected chi connectivity index (χ1v) is 24.1. The van der Waals surface area contributed by atoms with Gasteiger partial charge in [-0.05, 0) is 159 Å². The van der Waals surface area contributed by atoms with Gasteiger partial charge in [-0.2, -0.15) is 28.9 Å². The van der Waals surface area contributed by atoms with Crippen molar-refractivity contribution < 1.29 is 37.5 Å². The number of nitrogens with one attached hydrogen (secondary N) is 1. The number of ether oxygens (including phenoxy) is 2. The fourth-order valence-corrected chi connectivity index (χ4v) is 8.35. The first-order chi connectivity index (χ1) is 34.6. The number of hydrogen-bond donors (Lipinski definition) is 4. The van der Waals surface area contributed by atoms with Gasteiger partial charge in [0.1, 0.15) is 39.6 Å². The van der Waals surface area contributed by atoms with E-state index in [2.05, 4.69) is 46.2 Å². The molecular formula is C53H46N10O8S. The largest absolute Gasteiger partial charge is 0.505 e. The summed E-state index contributed by atoms with van der Waals surface area (Å²) in [6, 6.07) is 38.0. The first kappa shape index (κ1) is 48.1. The van der Waals surface area contributed by atoms with E-state index < -0.39 is 21.8 Å². The van der Waals surface area contributed by atoms with Crippen LogP contribution in [0.4, 0.5) is 45.5 Å². The number of rotatable bonds is 16. The van der Waals surface area contributed by atoms with E-state index >= 15 is 0 Å². The van der Waals surface area contributed by atoms with Crippen molar-refractivity contribution in [3.8, 4) is 22.9 Å². The number of benzene rings is 8. The van der Waals surface area contributed by atoms with Crippen molar-refractivity contribution in [2.75, 3.05) is 24.8 Å². The van der Waals surface area contributed by atoms with Gasteiger partial charge in [0.2, 0.25) is 0 Å². The Hall–Kier alpha value is -8.94. The van der Waals surface area contributed by atoms with Crippen LogP contribution in [0.25, 0.3) is 38.3 Å². The van der Waals surface area contributed by atoms with E-state index in [1.54, 1.807) is 50.4 Å². The van der Waals surface area contributed by atoms with Gasteiger partial charge in [-0.15, -0.1) is 25.2 Å². The number of aromatic nitrogens is 3. The van der Waals surface area contributed by atoms with E-state index in [1.165, 1.54) is 10.9 Å². The maximum absolute atomic E-state index is 12.6. The van der Waals surface area contributed by atoms with Gasteiger partial charge in [0.25, 0.3) is 10.1 Å². The standard InChI is InChI=1S/C53H46N10O8S/c1-30-7-8-34-9-18-43-51(41(34)23-30)62-63(61-43)49-20-14-38(28-42(49)53(65)66)55-57-47-29-50(71-21-6-22-72(67,68)69)48(26-33(47)4)60-59-46-25-31(2)45(24-32(46)3)58-56-44-19-10-35-27-37(13-17-40(35)52(44)64)54-36-11-15-39(70-5)16-12-36/h7-20,23-29,54,64H,6,21-22H2,1-5H3,(H,65,66)(H,67,68,69). The molecular weight excluding hydrogens is 937 g/mol. The van der Waals surface area contributed by atoms with E-state index in [-0.39, 0.29) is 41.5 Å². The van der Waals surface area contributed by atoms with Gasteiger partial charge >= 0.3 is 5.97 Å². The highest BCUT2D eigenvalue weighted by atomic mass is 32.2. The molecule has 18 nitrogen and oxygen atoms in total. The van der Waals surface area contributed by atoms with Gasteiger partial charge in [0, 0.05) is 28.2 Å². The number of azo groups is 3. The molecule has 0 bridgehead atoms. The van der Waals surface area contributed by atoms with Crippen molar-refractivity contribution in [1.82, 2.24) is 15.0 Å². The van der Waals surface area contributed by atoms with Crippen molar-refractivity contribution in [3.05, 3.63) is 155 Å². The second-order valence-electron chi connectivity index (χ2n) is 17.0. The van der Waals surface area contributed by atoms with Crippen LogP contribution in [0.3, 0.4) is 0 Å². The summed E-state index contributed by atoms with van der Waals surface area (Å²) >= 11 is 0. The zero-order chi connectivity index (χ0) is 50.7. The molecule has 1 heterocycles. The van der Waals surface area contributed by atoms with Gasteiger partial charge < -0.3 is 25.0 Å². The Morgan fingerprint density at radius 2 is 1.29 bits per heavy atom. The molecule has 9 aromatic rings. The Morgan fingerprint density at radius 3 is 2.00 bits per heavy atom. The summed E-state index contributed by atoms with van der Waals surface area (Å²) in [7, 11) is -2.61. The monoisotopic (exact) mass is 982 g/mol. The third kappa shape index (κ3) is 10.8. The molecule has 0 atom stereocenters. The van der Waals surface area contributed by atoms with Crippen LogP contribution in [0.5, 0.6) is 17.2 Å². The Bertz CT molecular complexity index is 3800. The lowest BCUT2D eigenvalue weighted by Gasteiger charge is -2.11. The fourth-order valence-electron chi connectivity index (χ4n) is 7.87. The number of carbonyl (C=O) groups is 1. The summed E-state index contributed by atoms with van der Waals surface area (Å²) < 4.78 is 43.4. The van der Waals surface area contributed by atoms with Crippen LogP contribution >= 0.6 is 0 Å². The summed E-state index contributed by atoms with van der Waals surface area (Å²) in [4.78, 5) is 13.9. The molecule has 0 spiro atoms. The van der Waals surface area contributed by atoms with Crippen LogP contribution in [0, 0.1) is 27.7 Å². The fraction of sp³-hybridized carbons (Fsp3) is 0.151. The van der Waals surface area contributed by atoms with E-state index in [4.69, 9.17) is 9.47 Å². The molecule has 0 amide bonds. The highest BCUT2D eigenvalue weighted by molar-refractivity contribution is 7.85. The second-order valence-corrected chi connectivity index (χ2v) is 18.6. The summed E-state index contributed by atoms with van der Waals surface area (Å²) in [5.41, 5.74) is 8.54. The molecule has 0 aliphatic heterocycles. The SMILES string of the molecule is COc1ccc(Nc2ccc3c(O)c(N=Nc4cc(C)c(N=Nc5cc(C)c(N=Nc6ccc(-n7nc8ccc9ccc(C)cc9c8n7)c(C(=O)O)c6)cc5OCCCS(=O)(=O)O)cc4C)ccc3c2)cc1. The van der Waals surface area contributed by atoms with E-state index in [0.717, 1.165) is 50.0 Å². The molecule has 0 saturated heterocycles. The molecule has 0 aliphatic carbocycles. The molecule has 362 valence electrons. The molecule has 0 radical (unpaired) electrons. The molecule has 8 aromatic carbocycles. The highest BCUT2D eigenvalue weighted by Crippen LogP contribution is 2.40. The third-order valence-electron chi connectivity index (χ3n) is 11.7. The molecule has 0 aliphatic rings. The predicted octanol–water partition coefficient (Wildman–Crippen LogP) is 14.0. The topological polar surface area (TPSA) is 247 Å². The molecule has 19 heteroatoms. The summed E-state index contributed by atoms with van der Waals surface area (Å²) in [5.74, 6) is -0.771. The number of aromatic carboxylic acids is 1. The predicted molar refractivity (Wildman–Crippen MR) is 276 cm³/mol. The average Bonchev–Trinajstić information content (AvgIpc) is 3.80. The van der Waals surface area contributed by atoms with Crippen molar-refractivity contribution >= 4 is 94.2 Å². The van der Waals surface area contributed by atoms with Crippen LogP contribution in [-0.4, -0.2) is 63.6 Å². The summed E-state index contributed by atoms with van der Waals surface area (Å²) in [6.45, 7) is 7.37.